The third kappa shape index (κ3) is 4.83. The van der Waals surface area contributed by atoms with E-state index in [1.807, 2.05) is 0 Å². The summed E-state index contributed by atoms with van der Waals surface area (Å²) in [6.45, 7) is 3.43. The molecule has 1 saturated carbocycles. The van der Waals surface area contributed by atoms with Gasteiger partial charge in [0.1, 0.15) is 0 Å². The maximum absolute atomic E-state index is 12.0. The highest BCUT2D eigenvalue weighted by atomic mass is 32.2. The molecule has 1 saturated heterocycles. The number of hydrogen-bond acceptors (Lipinski definition) is 3. The van der Waals surface area contributed by atoms with Gasteiger partial charge in [-0.3, -0.25) is 9.59 Å². The zero-order chi connectivity index (χ0) is 13.7. The Hall–Kier alpha value is -0.510. The number of nitrogens with zero attached hydrogens (tertiary/aromatic N) is 1. The van der Waals surface area contributed by atoms with Crippen molar-refractivity contribution in [2.75, 3.05) is 18.8 Å². The van der Waals surface area contributed by atoms with E-state index in [1.54, 1.807) is 6.92 Å². The maximum atomic E-state index is 12.0. The van der Waals surface area contributed by atoms with E-state index < -0.39 is 0 Å². The van der Waals surface area contributed by atoms with Crippen LogP contribution in [0, 0.1) is 11.8 Å². The molecule has 1 unspecified atom stereocenters. The number of carbonyl (C=O) groups is 2. The van der Waals surface area contributed by atoms with Crippen LogP contribution in [-0.2, 0) is 9.59 Å². The van der Waals surface area contributed by atoms with Crippen molar-refractivity contribution in [3.8, 4) is 0 Å². The Kier molecular flexibility index (Phi) is 5.74. The fraction of sp³-hybridized carbons (Fsp3) is 0.867. The third-order valence-electron chi connectivity index (χ3n) is 4.27. The van der Waals surface area contributed by atoms with E-state index in [1.165, 1.54) is 50.3 Å². The van der Waals surface area contributed by atoms with Gasteiger partial charge in [-0.25, -0.2) is 0 Å². The van der Waals surface area contributed by atoms with Crippen molar-refractivity contribution < 1.29 is 9.59 Å². The van der Waals surface area contributed by atoms with Crippen molar-refractivity contribution in [2.24, 2.45) is 11.8 Å². The van der Waals surface area contributed by atoms with Crippen LogP contribution in [-0.4, -0.2) is 34.8 Å². The highest BCUT2D eigenvalue weighted by Gasteiger charge is 2.31. The van der Waals surface area contributed by atoms with Crippen LogP contribution < -0.4 is 0 Å². The molecule has 4 heteroatoms. The Morgan fingerprint density at radius 1 is 1.21 bits per heavy atom. The minimum absolute atomic E-state index is 0.162. The van der Waals surface area contributed by atoms with Crippen LogP contribution in [0.25, 0.3) is 0 Å². The lowest BCUT2D eigenvalue weighted by atomic mass is 10.00. The predicted octanol–water partition coefficient (Wildman–Crippen LogP) is 3.09. The van der Waals surface area contributed by atoms with Crippen molar-refractivity contribution >= 4 is 22.8 Å². The van der Waals surface area contributed by atoms with Gasteiger partial charge in [0.05, 0.1) is 0 Å². The molecule has 1 atom stereocenters. The molecule has 0 aromatic heterocycles. The molecule has 0 aromatic carbocycles. The summed E-state index contributed by atoms with van der Waals surface area (Å²) in [6, 6.07) is 0. The van der Waals surface area contributed by atoms with Crippen LogP contribution in [0.4, 0.5) is 0 Å². The van der Waals surface area contributed by atoms with Gasteiger partial charge in [-0.05, 0) is 24.7 Å². The summed E-state index contributed by atoms with van der Waals surface area (Å²) in [6.07, 6.45) is 8.61. The molecule has 0 N–H and O–H groups in total. The highest BCUT2D eigenvalue weighted by Crippen LogP contribution is 2.27. The highest BCUT2D eigenvalue weighted by molar-refractivity contribution is 8.13. The first-order chi connectivity index (χ1) is 9.15. The van der Waals surface area contributed by atoms with Gasteiger partial charge in [-0.2, -0.15) is 0 Å². The van der Waals surface area contributed by atoms with Crippen LogP contribution in [0.2, 0.25) is 0 Å². The summed E-state index contributed by atoms with van der Waals surface area (Å²) in [5, 5.41) is 0.162. The molecular weight excluding hydrogens is 258 g/mol. The Morgan fingerprint density at radius 2 is 1.89 bits per heavy atom. The second-order valence-electron chi connectivity index (χ2n) is 6.03. The van der Waals surface area contributed by atoms with Gasteiger partial charge in [0.15, 0.2) is 5.12 Å². The Morgan fingerprint density at radius 3 is 2.53 bits per heavy atom. The minimum Gasteiger partial charge on any atom is -0.342 e. The number of amides is 1. The lowest BCUT2D eigenvalue weighted by molar-refractivity contribution is -0.128. The summed E-state index contributed by atoms with van der Waals surface area (Å²) in [5.74, 6) is 2.21. The van der Waals surface area contributed by atoms with Gasteiger partial charge in [0.25, 0.3) is 0 Å². The molecule has 0 aromatic rings. The van der Waals surface area contributed by atoms with Crippen LogP contribution in [0.3, 0.4) is 0 Å². The normalized spacial score (nSPS) is 25.6. The molecule has 1 aliphatic heterocycles. The van der Waals surface area contributed by atoms with Crippen molar-refractivity contribution in [3.05, 3.63) is 0 Å². The SMILES string of the molecule is CC(=O)SCC1CC(=O)N(CC2CCCCCC2)C1. The molecule has 108 valence electrons. The lowest BCUT2D eigenvalue weighted by Gasteiger charge is -2.23. The standard InChI is InChI=1S/C15H25NO2S/c1-12(17)19-11-14-8-15(18)16(10-14)9-13-6-4-2-3-5-7-13/h13-14H,2-11H2,1H3. The Labute approximate surface area is 120 Å². The largest absolute Gasteiger partial charge is 0.342 e. The Bertz CT molecular complexity index is 324. The molecule has 0 bridgehead atoms. The van der Waals surface area contributed by atoms with Gasteiger partial charge in [0.2, 0.25) is 5.91 Å². The minimum atomic E-state index is 0.162. The molecule has 19 heavy (non-hydrogen) atoms. The monoisotopic (exact) mass is 283 g/mol. The molecular formula is C15H25NO2S. The molecule has 1 heterocycles. The summed E-state index contributed by atoms with van der Waals surface area (Å²) < 4.78 is 0. The topological polar surface area (TPSA) is 37.4 Å². The summed E-state index contributed by atoms with van der Waals surface area (Å²) >= 11 is 1.36. The zero-order valence-electron chi connectivity index (χ0n) is 11.9. The fourth-order valence-corrected chi connectivity index (χ4v) is 3.93. The summed E-state index contributed by atoms with van der Waals surface area (Å²) in [5.41, 5.74) is 0. The average Bonchev–Trinajstić information content (AvgIpc) is 2.57. The lowest BCUT2D eigenvalue weighted by Crippen LogP contribution is -2.31. The molecule has 2 rings (SSSR count). The number of carbonyl (C=O) groups excluding carboxylic acids is 2. The summed E-state index contributed by atoms with van der Waals surface area (Å²) in [4.78, 5) is 25.1. The molecule has 2 aliphatic rings. The van der Waals surface area contributed by atoms with Gasteiger partial charge in [0, 0.05) is 32.2 Å². The van der Waals surface area contributed by atoms with E-state index in [9.17, 15) is 9.59 Å². The smallest absolute Gasteiger partial charge is 0.222 e. The van der Waals surface area contributed by atoms with E-state index in [-0.39, 0.29) is 5.12 Å². The van der Waals surface area contributed by atoms with Crippen molar-refractivity contribution in [3.63, 3.8) is 0 Å². The van der Waals surface area contributed by atoms with Crippen LogP contribution in [0.1, 0.15) is 51.9 Å². The van der Waals surface area contributed by atoms with Gasteiger partial charge in [-0.1, -0.05) is 37.4 Å². The molecule has 1 amide bonds. The molecule has 3 nitrogen and oxygen atoms in total. The van der Waals surface area contributed by atoms with Crippen LogP contribution in [0.15, 0.2) is 0 Å². The number of thioether (sulfide) groups is 1. The van der Waals surface area contributed by atoms with Gasteiger partial charge >= 0.3 is 0 Å². The van der Waals surface area contributed by atoms with E-state index in [0.717, 1.165) is 18.8 Å². The second kappa shape index (κ2) is 7.32. The second-order valence-corrected chi connectivity index (χ2v) is 7.23. The molecule has 1 aliphatic carbocycles. The quantitative estimate of drug-likeness (QED) is 0.744. The fourth-order valence-electron chi connectivity index (χ4n) is 3.24. The van der Waals surface area contributed by atoms with E-state index in [2.05, 4.69) is 4.90 Å². The van der Waals surface area contributed by atoms with E-state index in [0.29, 0.717) is 24.2 Å². The van der Waals surface area contributed by atoms with Gasteiger partial charge in [-0.15, -0.1) is 0 Å². The third-order valence-corrected chi connectivity index (χ3v) is 5.31. The first-order valence-corrected chi connectivity index (χ1v) is 8.55. The van der Waals surface area contributed by atoms with Crippen LogP contribution in [0.5, 0.6) is 0 Å². The number of rotatable bonds is 4. The van der Waals surface area contributed by atoms with Crippen molar-refractivity contribution in [1.82, 2.24) is 4.90 Å². The van der Waals surface area contributed by atoms with Gasteiger partial charge < -0.3 is 4.90 Å². The molecule has 0 spiro atoms. The Balaban J connectivity index is 1.77. The van der Waals surface area contributed by atoms with E-state index >= 15 is 0 Å². The summed E-state index contributed by atoms with van der Waals surface area (Å²) in [7, 11) is 0. The van der Waals surface area contributed by atoms with Crippen LogP contribution >= 0.6 is 11.8 Å². The molecule has 0 radical (unpaired) electrons. The molecule has 2 fully saturated rings. The first kappa shape index (κ1) is 14.9. The van der Waals surface area contributed by atoms with Crippen molar-refractivity contribution in [2.45, 2.75) is 51.9 Å². The average molecular weight is 283 g/mol. The first-order valence-electron chi connectivity index (χ1n) is 7.56. The predicted molar refractivity (Wildman–Crippen MR) is 79.0 cm³/mol. The zero-order valence-corrected chi connectivity index (χ0v) is 12.7. The maximum Gasteiger partial charge on any atom is 0.222 e. The van der Waals surface area contributed by atoms with Crippen molar-refractivity contribution in [1.29, 1.82) is 0 Å². The number of likely N-dealkylation sites (tertiary alicyclic amines) is 1. The number of hydrogen-bond donors (Lipinski definition) is 0. The van der Waals surface area contributed by atoms with E-state index in [4.69, 9.17) is 0 Å².